The van der Waals surface area contributed by atoms with E-state index in [1.54, 1.807) is 0 Å². The van der Waals surface area contributed by atoms with Gasteiger partial charge in [-0.3, -0.25) is 9.11 Å². The number of ether oxygens (including phenoxy) is 2. The van der Waals surface area contributed by atoms with Crippen molar-refractivity contribution in [1.29, 1.82) is 0 Å². The second-order valence-electron chi connectivity index (χ2n) is 5.22. The highest BCUT2D eigenvalue weighted by molar-refractivity contribution is 7.86. The van der Waals surface area contributed by atoms with E-state index in [4.69, 9.17) is 28.8 Å². The highest BCUT2D eigenvalue weighted by Gasteiger charge is 2.08. The zero-order chi connectivity index (χ0) is 24.6. The van der Waals surface area contributed by atoms with Crippen molar-refractivity contribution in [2.75, 3.05) is 27.4 Å². The predicted molar refractivity (Wildman–Crippen MR) is 115 cm³/mol. The van der Waals surface area contributed by atoms with Crippen molar-refractivity contribution in [3.63, 3.8) is 0 Å². The van der Waals surface area contributed by atoms with E-state index in [2.05, 4.69) is 23.7 Å². The fraction of sp³-hybridized carbons (Fsp3) is 0.200. The zero-order valence-electron chi connectivity index (χ0n) is 17.1. The van der Waals surface area contributed by atoms with Crippen LogP contribution >= 0.6 is 0 Å². The van der Waals surface area contributed by atoms with E-state index in [1.165, 1.54) is 62.8 Å². The van der Waals surface area contributed by atoms with Gasteiger partial charge in [-0.25, -0.2) is 0 Å². The summed E-state index contributed by atoms with van der Waals surface area (Å²) < 4.78 is 69.0. The van der Waals surface area contributed by atoms with E-state index >= 15 is 0 Å². The second-order valence-corrected chi connectivity index (χ2v) is 8.06. The lowest BCUT2D eigenvalue weighted by molar-refractivity contribution is 0.350. The van der Waals surface area contributed by atoms with Gasteiger partial charge in [0.1, 0.15) is 24.7 Å². The summed E-state index contributed by atoms with van der Waals surface area (Å²) in [6.07, 6.45) is 0. The monoisotopic (exact) mass is 486 g/mol. The molecule has 2 rings (SSSR count). The van der Waals surface area contributed by atoms with Crippen LogP contribution in [0, 0.1) is 23.7 Å². The third-order valence-electron chi connectivity index (χ3n) is 3.11. The molecule has 0 bridgehead atoms. The minimum atomic E-state index is -4.08. The molecule has 0 aliphatic carbocycles. The molecule has 0 aromatic heterocycles. The Morgan fingerprint density at radius 2 is 0.938 bits per heavy atom. The van der Waals surface area contributed by atoms with Gasteiger partial charge in [0.25, 0.3) is 20.2 Å². The van der Waals surface area contributed by atoms with Crippen molar-refractivity contribution >= 4 is 20.2 Å². The third-order valence-corrected chi connectivity index (χ3v) is 4.85. The molecule has 0 saturated carbocycles. The lowest BCUT2D eigenvalue weighted by Crippen LogP contribution is -1.97. The number of hydrogen-bond acceptors (Lipinski definition) is 8. The molecule has 12 heteroatoms. The summed E-state index contributed by atoms with van der Waals surface area (Å²) in [5.74, 6) is 10.3. The largest absolute Gasteiger partial charge is 0.497 e. The van der Waals surface area contributed by atoms with Crippen molar-refractivity contribution in [2.45, 2.75) is 9.79 Å². The lowest BCUT2D eigenvalue weighted by Gasteiger charge is -1.99. The molecule has 0 aliphatic rings. The highest BCUT2D eigenvalue weighted by atomic mass is 32.2. The van der Waals surface area contributed by atoms with Crippen molar-refractivity contribution in [1.82, 2.24) is 0 Å². The van der Waals surface area contributed by atoms with Gasteiger partial charge in [-0.2, -0.15) is 16.8 Å². The molecule has 2 aromatic carbocycles. The molecule has 0 saturated heterocycles. The number of methoxy groups -OCH3 is 2. The fourth-order valence-electron chi connectivity index (χ4n) is 1.66. The molecule has 0 unspecified atom stereocenters. The first-order chi connectivity index (χ1) is 15.0. The maximum Gasteiger partial charge on any atom is 0.294 e. The van der Waals surface area contributed by atoms with E-state index in [9.17, 15) is 16.8 Å². The Labute approximate surface area is 186 Å². The number of benzene rings is 2. The van der Waals surface area contributed by atoms with Gasteiger partial charge < -0.3 is 19.7 Å². The smallest absolute Gasteiger partial charge is 0.294 e. The van der Waals surface area contributed by atoms with E-state index in [0.717, 1.165) is 0 Å². The minimum absolute atomic E-state index is 0.136. The van der Waals surface area contributed by atoms with E-state index in [-0.39, 0.29) is 23.0 Å². The summed E-state index contributed by atoms with van der Waals surface area (Å²) in [5, 5.41) is 16.1. The Morgan fingerprint density at radius 3 is 1.12 bits per heavy atom. The molecular weight excluding hydrogens is 464 g/mol. The molecular formula is C20H22O10S2. The molecule has 0 spiro atoms. The Balaban J connectivity index is 0.000000462. The van der Waals surface area contributed by atoms with Crippen LogP contribution in [0.5, 0.6) is 11.5 Å². The average molecular weight is 487 g/mol. The molecule has 174 valence electrons. The highest BCUT2D eigenvalue weighted by Crippen LogP contribution is 2.15. The summed E-state index contributed by atoms with van der Waals surface area (Å²) in [4.78, 5) is -0.272. The Bertz CT molecular complexity index is 1050. The molecule has 4 N–H and O–H groups in total. The predicted octanol–water partition coefficient (Wildman–Crippen LogP) is 0.862. The molecule has 0 heterocycles. The SMILES string of the molecule is COc1ccc(S(=O)(=O)O)cc1.COc1ccc(S(=O)(=O)O)cc1.OCC#CC#CCO. The van der Waals surface area contributed by atoms with Crippen molar-refractivity contribution < 1.29 is 45.6 Å². The Hall–Kier alpha value is -3.10. The van der Waals surface area contributed by atoms with Gasteiger partial charge in [0.2, 0.25) is 0 Å². The summed E-state index contributed by atoms with van der Waals surface area (Å²) in [7, 11) is -5.22. The van der Waals surface area contributed by atoms with Crippen molar-refractivity contribution in [3.8, 4) is 35.2 Å². The molecule has 0 amide bonds. The fourth-order valence-corrected chi connectivity index (χ4v) is 2.62. The van der Waals surface area contributed by atoms with Gasteiger partial charge in [0, 0.05) is 0 Å². The van der Waals surface area contributed by atoms with Crippen LogP contribution < -0.4 is 9.47 Å². The lowest BCUT2D eigenvalue weighted by atomic mass is 10.3. The maximum absolute atomic E-state index is 10.5. The first-order valence-corrected chi connectivity index (χ1v) is 11.3. The zero-order valence-corrected chi connectivity index (χ0v) is 18.7. The summed E-state index contributed by atoms with van der Waals surface area (Å²) in [5.41, 5.74) is 0. The molecule has 0 aliphatic heterocycles. The number of hydrogen-bond donors (Lipinski definition) is 4. The van der Waals surface area contributed by atoms with Gasteiger partial charge in [-0.15, -0.1) is 0 Å². The van der Waals surface area contributed by atoms with E-state index in [1.807, 2.05) is 0 Å². The van der Waals surface area contributed by atoms with E-state index in [0.29, 0.717) is 11.5 Å². The van der Waals surface area contributed by atoms with Crippen LogP contribution in [0.25, 0.3) is 0 Å². The van der Waals surface area contributed by atoms with Gasteiger partial charge in [0.15, 0.2) is 0 Å². The summed E-state index contributed by atoms with van der Waals surface area (Å²) >= 11 is 0. The minimum Gasteiger partial charge on any atom is -0.497 e. The molecule has 32 heavy (non-hydrogen) atoms. The van der Waals surface area contributed by atoms with Gasteiger partial charge in [0.05, 0.1) is 24.0 Å². The number of rotatable bonds is 4. The molecule has 0 atom stereocenters. The number of aliphatic hydroxyl groups excluding tert-OH is 2. The average Bonchev–Trinajstić information content (AvgIpc) is 2.76. The summed E-state index contributed by atoms with van der Waals surface area (Å²) in [6, 6.07) is 10.9. The second kappa shape index (κ2) is 14.8. The first kappa shape index (κ1) is 28.9. The number of aliphatic hydroxyl groups is 2. The molecule has 0 fully saturated rings. The summed E-state index contributed by atoms with van der Waals surface area (Å²) in [6.45, 7) is -0.361. The van der Waals surface area contributed by atoms with Crippen LogP contribution in [-0.2, 0) is 20.2 Å². The van der Waals surface area contributed by atoms with Crippen LogP contribution in [-0.4, -0.2) is 63.6 Å². The van der Waals surface area contributed by atoms with E-state index < -0.39 is 20.2 Å². The Morgan fingerprint density at radius 1 is 0.656 bits per heavy atom. The van der Waals surface area contributed by atoms with Crippen molar-refractivity contribution in [2.24, 2.45) is 0 Å². The molecule has 2 aromatic rings. The van der Waals surface area contributed by atoms with Gasteiger partial charge in [-0.05, 0) is 60.4 Å². The van der Waals surface area contributed by atoms with Crippen LogP contribution in [0.3, 0.4) is 0 Å². The topological polar surface area (TPSA) is 168 Å². The molecule has 0 radical (unpaired) electrons. The maximum atomic E-state index is 10.5. The normalized spacial score (nSPS) is 9.81. The van der Waals surface area contributed by atoms with Crippen LogP contribution in [0.2, 0.25) is 0 Å². The quantitative estimate of drug-likeness (QED) is 0.359. The molecule has 10 nitrogen and oxygen atoms in total. The first-order valence-electron chi connectivity index (χ1n) is 8.40. The van der Waals surface area contributed by atoms with Crippen LogP contribution in [0.4, 0.5) is 0 Å². The van der Waals surface area contributed by atoms with Gasteiger partial charge >= 0.3 is 0 Å². The van der Waals surface area contributed by atoms with Crippen LogP contribution in [0.15, 0.2) is 58.3 Å². The van der Waals surface area contributed by atoms with Crippen LogP contribution in [0.1, 0.15) is 0 Å². The Kier molecular flexibility index (Phi) is 13.4. The standard InChI is InChI=1S/2C7H8O4S.C6H6O2/c2*1-11-6-2-4-7(5-3-6)12(8,9)10;7-5-3-1-2-4-6-8/h2*2-5H,1H3,(H,8,9,10);7-8H,5-6H2. The third kappa shape index (κ3) is 12.6. The van der Waals surface area contributed by atoms with Gasteiger partial charge in [-0.1, -0.05) is 11.8 Å². The van der Waals surface area contributed by atoms with Crippen molar-refractivity contribution in [3.05, 3.63) is 48.5 Å².